The number of nitrogens with zero attached hydrogens (tertiary/aromatic N) is 2. The SMILES string of the molecule is O=C(NC1CC1)C(Sc1ncc(-c2ccccc2)n1CC(F)(F)F)c1ccccc1. The second-order valence-corrected chi connectivity index (χ2v) is 8.26. The molecule has 0 spiro atoms. The summed E-state index contributed by atoms with van der Waals surface area (Å²) in [6.07, 6.45) is -1.13. The molecule has 3 aromatic rings. The average Bonchev–Trinajstić information content (AvgIpc) is 3.46. The van der Waals surface area contributed by atoms with Crippen LogP contribution in [0.3, 0.4) is 0 Å². The van der Waals surface area contributed by atoms with E-state index in [0.29, 0.717) is 11.3 Å². The number of aromatic nitrogens is 2. The highest BCUT2D eigenvalue weighted by Gasteiger charge is 2.34. The number of halogens is 3. The zero-order valence-corrected chi connectivity index (χ0v) is 16.8. The van der Waals surface area contributed by atoms with E-state index >= 15 is 0 Å². The van der Waals surface area contributed by atoms with Gasteiger partial charge in [-0.25, -0.2) is 4.98 Å². The summed E-state index contributed by atoms with van der Waals surface area (Å²) in [6, 6.07) is 18.0. The van der Waals surface area contributed by atoms with E-state index < -0.39 is 18.0 Å². The van der Waals surface area contributed by atoms with E-state index in [9.17, 15) is 18.0 Å². The lowest BCUT2D eigenvalue weighted by Crippen LogP contribution is -2.30. The summed E-state index contributed by atoms with van der Waals surface area (Å²) >= 11 is 1.04. The third-order valence-electron chi connectivity index (χ3n) is 4.71. The Kier molecular flexibility index (Phi) is 5.85. The Balaban J connectivity index is 1.70. The zero-order valence-electron chi connectivity index (χ0n) is 16.0. The van der Waals surface area contributed by atoms with Crippen molar-refractivity contribution in [1.29, 1.82) is 0 Å². The van der Waals surface area contributed by atoms with Crippen LogP contribution in [0.15, 0.2) is 72.0 Å². The number of carbonyl (C=O) groups excluding carboxylic acids is 1. The fourth-order valence-electron chi connectivity index (χ4n) is 3.13. The lowest BCUT2D eigenvalue weighted by atomic mass is 10.1. The summed E-state index contributed by atoms with van der Waals surface area (Å²) in [5.74, 6) is -0.212. The lowest BCUT2D eigenvalue weighted by molar-refractivity contribution is -0.141. The smallest absolute Gasteiger partial charge is 0.352 e. The third-order valence-corrected chi connectivity index (χ3v) is 5.97. The van der Waals surface area contributed by atoms with Crippen LogP contribution in [0.25, 0.3) is 11.3 Å². The molecule has 0 radical (unpaired) electrons. The van der Waals surface area contributed by atoms with E-state index in [4.69, 9.17) is 0 Å². The van der Waals surface area contributed by atoms with Gasteiger partial charge in [0.05, 0.1) is 11.9 Å². The van der Waals surface area contributed by atoms with Crippen molar-refractivity contribution in [1.82, 2.24) is 14.9 Å². The van der Waals surface area contributed by atoms with Crippen molar-refractivity contribution in [2.75, 3.05) is 0 Å². The number of hydrogen-bond donors (Lipinski definition) is 1. The standard InChI is InChI=1S/C22H20F3N3OS/c23-22(24,25)14-28-18(15-7-3-1-4-8-15)13-26-21(28)30-19(16-9-5-2-6-10-16)20(29)27-17-11-12-17/h1-10,13,17,19H,11-12,14H2,(H,27,29). The predicted octanol–water partition coefficient (Wildman–Crippen LogP) is 5.22. The summed E-state index contributed by atoms with van der Waals surface area (Å²) in [7, 11) is 0. The molecule has 8 heteroatoms. The summed E-state index contributed by atoms with van der Waals surface area (Å²) < 4.78 is 41.2. The molecule has 4 rings (SSSR count). The molecule has 1 fully saturated rings. The fraction of sp³-hybridized carbons (Fsp3) is 0.273. The Labute approximate surface area is 176 Å². The molecule has 4 nitrogen and oxygen atoms in total. The van der Waals surface area contributed by atoms with Gasteiger partial charge in [-0.1, -0.05) is 72.4 Å². The summed E-state index contributed by atoms with van der Waals surface area (Å²) in [6.45, 7) is -1.18. The predicted molar refractivity (Wildman–Crippen MR) is 110 cm³/mol. The molecule has 1 N–H and O–H groups in total. The Morgan fingerprint density at radius 1 is 1.10 bits per heavy atom. The monoisotopic (exact) mass is 431 g/mol. The van der Waals surface area contributed by atoms with E-state index in [0.717, 1.165) is 34.7 Å². The second kappa shape index (κ2) is 8.55. The molecule has 30 heavy (non-hydrogen) atoms. The Morgan fingerprint density at radius 2 is 1.73 bits per heavy atom. The number of imidazole rings is 1. The number of amides is 1. The maximum Gasteiger partial charge on any atom is 0.406 e. The number of hydrogen-bond acceptors (Lipinski definition) is 3. The van der Waals surface area contributed by atoms with Crippen molar-refractivity contribution < 1.29 is 18.0 Å². The Hall–Kier alpha value is -2.74. The molecular weight excluding hydrogens is 411 g/mol. The van der Waals surface area contributed by atoms with Crippen LogP contribution in [0.5, 0.6) is 0 Å². The highest BCUT2D eigenvalue weighted by molar-refractivity contribution is 8.00. The molecule has 1 amide bonds. The lowest BCUT2D eigenvalue weighted by Gasteiger charge is -2.19. The van der Waals surface area contributed by atoms with Gasteiger partial charge in [0, 0.05) is 6.04 Å². The highest BCUT2D eigenvalue weighted by atomic mass is 32.2. The topological polar surface area (TPSA) is 46.9 Å². The first-order valence-electron chi connectivity index (χ1n) is 9.60. The minimum absolute atomic E-state index is 0.152. The normalized spacial score (nSPS) is 15.0. The van der Waals surface area contributed by atoms with Crippen molar-refractivity contribution in [3.8, 4) is 11.3 Å². The third kappa shape index (κ3) is 5.05. The number of benzene rings is 2. The number of alkyl halides is 3. The average molecular weight is 431 g/mol. The van der Waals surface area contributed by atoms with E-state index in [1.54, 1.807) is 42.5 Å². The van der Waals surface area contributed by atoms with Crippen LogP contribution in [0, 0.1) is 0 Å². The molecule has 0 bridgehead atoms. The van der Waals surface area contributed by atoms with Crippen molar-refractivity contribution >= 4 is 17.7 Å². The van der Waals surface area contributed by atoms with Gasteiger partial charge in [-0.3, -0.25) is 4.79 Å². The largest absolute Gasteiger partial charge is 0.406 e. The van der Waals surface area contributed by atoms with Crippen molar-refractivity contribution in [2.24, 2.45) is 0 Å². The minimum Gasteiger partial charge on any atom is -0.352 e. The minimum atomic E-state index is -4.42. The second-order valence-electron chi connectivity index (χ2n) is 7.18. The van der Waals surface area contributed by atoms with Crippen molar-refractivity contribution in [3.63, 3.8) is 0 Å². The van der Waals surface area contributed by atoms with Crippen LogP contribution in [0.1, 0.15) is 23.7 Å². The van der Waals surface area contributed by atoms with Crippen molar-refractivity contribution in [2.45, 2.75) is 42.0 Å². The maximum atomic E-state index is 13.4. The van der Waals surface area contributed by atoms with Gasteiger partial charge in [0.15, 0.2) is 5.16 Å². The van der Waals surface area contributed by atoms with Gasteiger partial charge in [-0.05, 0) is 24.0 Å². The van der Waals surface area contributed by atoms with Crippen LogP contribution in [-0.2, 0) is 11.3 Å². The van der Waals surface area contributed by atoms with Gasteiger partial charge in [-0.2, -0.15) is 13.2 Å². The van der Waals surface area contributed by atoms with Gasteiger partial charge in [-0.15, -0.1) is 0 Å². The molecular formula is C22H20F3N3OS. The zero-order chi connectivity index (χ0) is 21.1. The molecule has 1 aromatic heterocycles. The van der Waals surface area contributed by atoms with Crippen LogP contribution in [0.4, 0.5) is 13.2 Å². The number of carbonyl (C=O) groups is 1. The molecule has 1 heterocycles. The van der Waals surface area contributed by atoms with Gasteiger partial charge in [0.1, 0.15) is 11.8 Å². The molecule has 1 unspecified atom stereocenters. The van der Waals surface area contributed by atoms with Gasteiger partial charge >= 0.3 is 6.18 Å². The summed E-state index contributed by atoms with van der Waals surface area (Å²) in [5, 5.41) is 2.43. The van der Waals surface area contributed by atoms with Crippen LogP contribution in [-0.4, -0.2) is 27.7 Å². The summed E-state index contributed by atoms with van der Waals surface area (Å²) in [4.78, 5) is 17.1. The molecule has 156 valence electrons. The molecule has 1 atom stereocenters. The molecule has 1 saturated carbocycles. The van der Waals surface area contributed by atoms with Gasteiger partial charge < -0.3 is 9.88 Å². The van der Waals surface area contributed by atoms with Crippen LogP contribution >= 0.6 is 11.8 Å². The first-order chi connectivity index (χ1) is 14.4. The summed E-state index contributed by atoms with van der Waals surface area (Å²) in [5.41, 5.74) is 1.73. The van der Waals surface area contributed by atoms with E-state index in [1.807, 2.05) is 18.2 Å². The van der Waals surface area contributed by atoms with E-state index in [2.05, 4.69) is 10.3 Å². The molecule has 2 aromatic carbocycles. The number of thioether (sulfide) groups is 1. The highest BCUT2D eigenvalue weighted by Crippen LogP contribution is 2.38. The van der Waals surface area contributed by atoms with Crippen molar-refractivity contribution in [3.05, 3.63) is 72.4 Å². The van der Waals surface area contributed by atoms with Crippen LogP contribution in [0.2, 0.25) is 0 Å². The van der Waals surface area contributed by atoms with Gasteiger partial charge in [0.2, 0.25) is 5.91 Å². The van der Waals surface area contributed by atoms with Crippen LogP contribution < -0.4 is 5.32 Å². The first kappa shape index (κ1) is 20.5. The molecule has 0 aliphatic heterocycles. The van der Waals surface area contributed by atoms with E-state index in [-0.39, 0.29) is 17.1 Å². The molecule has 0 saturated heterocycles. The molecule has 1 aliphatic carbocycles. The first-order valence-corrected chi connectivity index (χ1v) is 10.5. The van der Waals surface area contributed by atoms with E-state index in [1.165, 1.54) is 6.20 Å². The van der Waals surface area contributed by atoms with Gasteiger partial charge in [0.25, 0.3) is 0 Å². The quantitative estimate of drug-likeness (QED) is 0.522. The maximum absolute atomic E-state index is 13.4. The number of rotatable bonds is 7. The Morgan fingerprint density at radius 3 is 2.33 bits per heavy atom. The fourth-order valence-corrected chi connectivity index (χ4v) is 4.22. The molecule has 1 aliphatic rings. The Bertz CT molecular complexity index is 1000. The number of nitrogens with one attached hydrogen (secondary N) is 1.